The second-order valence-corrected chi connectivity index (χ2v) is 6.79. The number of hydrogen-bond acceptors (Lipinski definition) is 3. The molecule has 1 aliphatic rings. The van der Waals surface area contributed by atoms with Crippen LogP contribution in [0, 0.1) is 5.82 Å². The third kappa shape index (κ3) is 4.77. The first kappa shape index (κ1) is 19.2. The van der Waals surface area contributed by atoms with Crippen molar-refractivity contribution in [3.63, 3.8) is 0 Å². The maximum Gasteiger partial charge on any atom is 0.317 e. The Kier molecular flexibility index (Phi) is 6.29. The Morgan fingerprint density at radius 3 is 2.67 bits per heavy atom. The number of nitrogens with zero attached hydrogens (tertiary/aromatic N) is 2. The molecule has 1 saturated heterocycles. The number of methoxy groups -OCH3 is 1. The van der Waals surface area contributed by atoms with Crippen LogP contribution in [0.4, 0.5) is 9.18 Å². The summed E-state index contributed by atoms with van der Waals surface area (Å²) in [4.78, 5) is 16.6. The van der Waals surface area contributed by atoms with Crippen LogP contribution in [0.15, 0.2) is 48.5 Å². The number of para-hydroxylation sites is 1. The van der Waals surface area contributed by atoms with Crippen LogP contribution in [-0.4, -0.2) is 56.2 Å². The summed E-state index contributed by atoms with van der Waals surface area (Å²) >= 11 is 0. The number of hydrogen-bond donors (Lipinski definition) is 1. The number of ether oxygens (including phenoxy) is 1. The second kappa shape index (κ2) is 8.86. The van der Waals surface area contributed by atoms with Crippen LogP contribution in [0.5, 0.6) is 5.75 Å². The lowest BCUT2D eigenvalue weighted by atomic mass is 10.0. The van der Waals surface area contributed by atoms with E-state index >= 15 is 0 Å². The van der Waals surface area contributed by atoms with Gasteiger partial charge < -0.3 is 15.0 Å². The molecule has 0 spiro atoms. The number of rotatable bonds is 5. The van der Waals surface area contributed by atoms with Gasteiger partial charge in [0, 0.05) is 26.2 Å². The van der Waals surface area contributed by atoms with Gasteiger partial charge in [0.15, 0.2) is 0 Å². The normalized spacial score (nSPS) is 17.6. The molecule has 1 aliphatic heterocycles. The molecular formula is C21H26FN3O2. The van der Waals surface area contributed by atoms with Gasteiger partial charge in [0.25, 0.3) is 0 Å². The van der Waals surface area contributed by atoms with Crippen molar-refractivity contribution >= 4 is 6.03 Å². The van der Waals surface area contributed by atoms with E-state index in [0.717, 1.165) is 23.4 Å². The SMILES string of the molecule is COc1ccccc1CCNC(=O)N1CCN(C)C(c2ccc(F)cc2)C1. The minimum absolute atomic E-state index is 0.0647. The van der Waals surface area contributed by atoms with Crippen molar-refractivity contribution in [3.8, 4) is 5.75 Å². The Morgan fingerprint density at radius 1 is 1.19 bits per heavy atom. The number of amides is 2. The topological polar surface area (TPSA) is 44.8 Å². The zero-order chi connectivity index (χ0) is 19.2. The molecule has 6 heteroatoms. The molecule has 0 bridgehead atoms. The fourth-order valence-electron chi connectivity index (χ4n) is 3.43. The molecule has 27 heavy (non-hydrogen) atoms. The molecule has 2 aromatic carbocycles. The molecule has 1 heterocycles. The highest BCUT2D eigenvalue weighted by atomic mass is 19.1. The van der Waals surface area contributed by atoms with Gasteiger partial charge in [0.2, 0.25) is 0 Å². The van der Waals surface area contributed by atoms with Crippen molar-refractivity contribution in [3.05, 3.63) is 65.5 Å². The highest BCUT2D eigenvalue weighted by Gasteiger charge is 2.28. The van der Waals surface area contributed by atoms with Crippen molar-refractivity contribution < 1.29 is 13.9 Å². The van der Waals surface area contributed by atoms with Crippen LogP contribution in [0.1, 0.15) is 17.2 Å². The van der Waals surface area contributed by atoms with Crippen LogP contribution in [0.2, 0.25) is 0 Å². The van der Waals surface area contributed by atoms with E-state index in [1.54, 1.807) is 19.2 Å². The number of nitrogens with one attached hydrogen (secondary N) is 1. The zero-order valence-corrected chi connectivity index (χ0v) is 15.8. The van der Waals surface area contributed by atoms with Crippen LogP contribution in [-0.2, 0) is 6.42 Å². The predicted octanol–water partition coefficient (Wildman–Crippen LogP) is 3.08. The summed E-state index contributed by atoms with van der Waals surface area (Å²) in [6.45, 7) is 2.59. The van der Waals surface area contributed by atoms with Crippen molar-refractivity contribution in [1.82, 2.24) is 15.1 Å². The van der Waals surface area contributed by atoms with E-state index < -0.39 is 0 Å². The predicted molar refractivity (Wildman–Crippen MR) is 103 cm³/mol. The molecule has 1 atom stereocenters. The first-order valence-electron chi connectivity index (χ1n) is 9.19. The van der Waals surface area contributed by atoms with Gasteiger partial charge in [0.05, 0.1) is 13.2 Å². The summed E-state index contributed by atoms with van der Waals surface area (Å²) in [7, 11) is 3.68. The molecule has 0 radical (unpaired) electrons. The molecule has 1 fully saturated rings. The van der Waals surface area contributed by atoms with Gasteiger partial charge in [-0.05, 0) is 42.8 Å². The van der Waals surface area contributed by atoms with Gasteiger partial charge in [-0.2, -0.15) is 0 Å². The van der Waals surface area contributed by atoms with E-state index in [-0.39, 0.29) is 17.9 Å². The smallest absolute Gasteiger partial charge is 0.317 e. The van der Waals surface area contributed by atoms with Crippen LogP contribution in [0.3, 0.4) is 0 Å². The number of halogens is 1. The first-order valence-corrected chi connectivity index (χ1v) is 9.19. The molecule has 5 nitrogen and oxygen atoms in total. The molecule has 144 valence electrons. The third-order valence-electron chi connectivity index (χ3n) is 5.05. The Hall–Kier alpha value is -2.60. The number of carbonyl (C=O) groups is 1. The molecule has 0 aromatic heterocycles. The number of benzene rings is 2. The fraction of sp³-hybridized carbons (Fsp3) is 0.381. The highest BCUT2D eigenvalue weighted by molar-refractivity contribution is 5.74. The van der Waals surface area contributed by atoms with E-state index in [1.807, 2.05) is 36.2 Å². The molecule has 2 amide bonds. The van der Waals surface area contributed by atoms with Crippen LogP contribution >= 0.6 is 0 Å². The number of carbonyl (C=O) groups excluding carboxylic acids is 1. The Morgan fingerprint density at radius 2 is 1.93 bits per heavy atom. The number of piperazine rings is 1. The maximum atomic E-state index is 13.2. The van der Waals surface area contributed by atoms with Crippen molar-refractivity contribution in [1.29, 1.82) is 0 Å². The standard InChI is InChI=1S/C21H26FN3O2/c1-24-13-14-25(15-19(24)16-7-9-18(22)10-8-16)21(26)23-12-11-17-5-3-4-6-20(17)27-2/h3-10,19H,11-15H2,1-2H3,(H,23,26). The van der Waals surface area contributed by atoms with Crippen LogP contribution in [0.25, 0.3) is 0 Å². The average Bonchev–Trinajstić information content (AvgIpc) is 2.69. The minimum Gasteiger partial charge on any atom is -0.496 e. The van der Waals surface area contributed by atoms with E-state index in [1.165, 1.54) is 12.1 Å². The molecule has 2 aromatic rings. The highest BCUT2D eigenvalue weighted by Crippen LogP contribution is 2.24. The molecule has 0 saturated carbocycles. The minimum atomic E-state index is -0.247. The number of urea groups is 1. The lowest BCUT2D eigenvalue weighted by Gasteiger charge is -2.39. The van der Waals surface area contributed by atoms with Crippen molar-refractivity contribution in [2.24, 2.45) is 0 Å². The summed E-state index contributed by atoms with van der Waals surface area (Å²) in [6, 6.07) is 14.3. The zero-order valence-electron chi connectivity index (χ0n) is 15.8. The summed E-state index contributed by atoms with van der Waals surface area (Å²) in [6.07, 6.45) is 0.713. The molecular weight excluding hydrogens is 345 g/mol. The fourth-order valence-corrected chi connectivity index (χ4v) is 3.43. The molecule has 1 unspecified atom stereocenters. The van der Waals surface area contributed by atoms with Gasteiger partial charge >= 0.3 is 6.03 Å². The van der Waals surface area contributed by atoms with Gasteiger partial charge in [-0.25, -0.2) is 9.18 Å². The van der Waals surface area contributed by atoms with E-state index in [0.29, 0.717) is 26.1 Å². The van der Waals surface area contributed by atoms with Crippen molar-refractivity contribution in [2.45, 2.75) is 12.5 Å². The van der Waals surface area contributed by atoms with E-state index in [9.17, 15) is 9.18 Å². The van der Waals surface area contributed by atoms with Gasteiger partial charge in [-0.1, -0.05) is 30.3 Å². The van der Waals surface area contributed by atoms with E-state index in [2.05, 4.69) is 10.2 Å². The molecule has 1 N–H and O–H groups in total. The largest absolute Gasteiger partial charge is 0.496 e. The third-order valence-corrected chi connectivity index (χ3v) is 5.05. The second-order valence-electron chi connectivity index (χ2n) is 6.79. The van der Waals surface area contributed by atoms with Gasteiger partial charge in [0.1, 0.15) is 11.6 Å². The summed E-state index contributed by atoms with van der Waals surface area (Å²) in [5.41, 5.74) is 2.09. The molecule has 3 rings (SSSR count). The average molecular weight is 371 g/mol. The van der Waals surface area contributed by atoms with Gasteiger partial charge in [-0.15, -0.1) is 0 Å². The van der Waals surface area contributed by atoms with Crippen molar-refractivity contribution in [2.75, 3.05) is 40.3 Å². The Bertz CT molecular complexity index is 766. The number of likely N-dealkylation sites (N-methyl/N-ethyl adjacent to an activating group) is 1. The summed E-state index contributed by atoms with van der Waals surface area (Å²) < 4.78 is 18.5. The lowest BCUT2D eigenvalue weighted by Crippen LogP contribution is -2.52. The Labute approximate surface area is 159 Å². The maximum absolute atomic E-state index is 13.2. The lowest BCUT2D eigenvalue weighted by molar-refractivity contribution is 0.110. The van der Waals surface area contributed by atoms with Crippen LogP contribution < -0.4 is 10.1 Å². The summed E-state index contributed by atoms with van der Waals surface area (Å²) in [5.74, 6) is 0.589. The Balaban J connectivity index is 1.56. The van der Waals surface area contributed by atoms with Gasteiger partial charge in [-0.3, -0.25) is 4.90 Å². The summed E-state index contributed by atoms with van der Waals surface area (Å²) in [5, 5.41) is 3.00. The van der Waals surface area contributed by atoms with E-state index in [4.69, 9.17) is 4.74 Å². The monoisotopic (exact) mass is 371 g/mol. The first-order chi connectivity index (χ1) is 13.1. The molecule has 0 aliphatic carbocycles. The quantitative estimate of drug-likeness (QED) is 0.879.